The predicted molar refractivity (Wildman–Crippen MR) is 70.0 cm³/mol. The molecular formula is C15H14FNO2. The topological polar surface area (TPSA) is 39.2 Å². The van der Waals surface area contributed by atoms with Gasteiger partial charge in [0.2, 0.25) is 0 Å². The van der Waals surface area contributed by atoms with Gasteiger partial charge in [0, 0.05) is 12.6 Å². The zero-order chi connectivity index (χ0) is 13.8. The second kappa shape index (κ2) is 5.61. The SMILES string of the molecule is COc1ccc(CC(=O)c2cc(C)ccn2)cc1F. The number of halogens is 1. The smallest absolute Gasteiger partial charge is 0.185 e. The van der Waals surface area contributed by atoms with Crippen LogP contribution in [0.3, 0.4) is 0 Å². The lowest BCUT2D eigenvalue weighted by molar-refractivity contribution is 0.0988. The number of rotatable bonds is 4. The summed E-state index contributed by atoms with van der Waals surface area (Å²) in [5.41, 5.74) is 1.97. The molecule has 2 aromatic rings. The van der Waals surface area contributed by atoms with Gasteiger partial charge in [-0.05, 0) is 42.3 Å². The molecule has 0 radical (unpaired) electrons. The molecule has 0 aliphatic rings. The molecular weight excluding hydrogens is 245 g/mol. The van der Waals surface area contributed by atoms with Crippen molar-refractivity contribution in [2.45, 2.75) is 13.3 Å². The number of ether oxygens (including phenoxy) is 1. The molecule has 0 N–H and O–H groups in total. The molecule has 0 saturated carbocycles. The number of hydrogen-bond acceptors (Lipinski definition) is 3. The lowest BCUT2D eigenvalue weighted by Crippen LogP contribution is -2.06. The Bertz CT molecular complexity index is 611. The van der Waals surface area contributed by atoms with Crippen LogP contribution in [0.5, 0.6) is 5.75 Å². The first-order valence-corrected chi connectivity index (χ1v) is 5.88. The first-order valence-electron chi connectivity index (χ1n) is 5.88. The number of methoxy groups -OCH3 is 1. The molecule has 0 atom stereocenters. The molecule has 2 rings (SSSR count). The normalized spacial score (nSPS) is 10.3. The Morgan fingerprint density at radius 1 is 1.32 bits per heavy atom. The van der Waals surface area contributed by atoms with Gasteiger partial charge in [-0.1, -0.05) is 6.07 Å². The largest absolute Gasteiger partial charge is 0.494 e. The summed E-state index contributed by atoms with van der Waals surface area (Å²) in [7, 11) is 1.40. The van der Waals surface area contributed by atoms with Crippen LogP contribution < -0.4 is 4.74 Å². The highest BCUT2D eigenvalue weighted by Gasteiger charge is 2.10. The van der Waals surface area contributed by atoms with Crippen LogP contribution in [0.25, 0.3) is 0 Å². The standard InChI is InChI=1S/C15H14FNO2/c1-10-5-6-17-13(7-10)14(18)9-11-3-4-15(19-2)12(16)8-11/h3-8H,9H2,1-2H3. The molecule has 1 aromatic carbocycles. The molecule has 0 bridgehead atoms. The summed E-state index contributed by atoms with van der Waals surface area (Å²) < 4.78 is 18.3. The van der Waals surface area contributed by atoms with E-state index in [1.54, 1.807) is 18.3 Å². The summed E-state index contributed by atoms with van der Waals surface area (Å²) in [5.74, 6) is -0.428. The zero-order valence-corrected chi connectivity index (χ0v) is 10.8. The van der Waals surface area contributed by atoms with E-state index in [1.165, 1.54) is 19.2 Å². The average molecular weight is 259 g/mol. The van der Waals surface area contributed by atoms with E-state index in [0.717, 1.165) is 5.56 Å². The van der Waals surface area contributed by atoms with E-state index in [-0.39, 0.29) is 18.0 Å². The monoisotopic (exact) mass is 259 g/mol. The maximum absolute atomic E-state index is 13.5. The third-order valence-electron chi connectivity index (χ3n) is 2.78. The van der Waals surface area contributed by atoms with Crippen molar-refractivity contribution in [1.29, 1.82) is 0 Å². The summed E-state index contributed by atoms with van der Waals surface area (Å²) >= 11 is 0. The van der Waals surface area contributed by atoms with Crippen molar-refractivity contribution in [2.75, 3.05) is 7.11 Å². The second-order valence-electron chi connectivity index (χ2n) is 4.29. The van der Waals surface area contributed by atoms with Crippen molar-refractivity contribution in [1.82, 2.24) is 4.98 Å². The number of carbonyl (C=O) groups excluding carboxylic acids is 1. The van der Waals surface area contributed by atoms with Gasteiger partial charge in [0.1, 0.15) is 5.69 Å². The minimum absolute atomic E-state index is 0.122. The van der Waals surface area contributed by atoms with Crippen LogP contribution >= 0.6 is 0 Å². The van der Waals surface area contributed by atoms with Crippen LogP contribution in [0.15, 0.2) is 36.5 Å². The van der Waals surface area contributed by atoms with Gasteiger partial charge in [0.05, 0.1) is 7.11 Å². The first-order chi connectivity index (χ1) is 9.10. The second-order valence-corrected chi connectivity index (χ2v) is 4.29. The summed E-state index contributed by atoms with van der Waals surface area (Å²) in [6.07, 6.45) is 1.72. The predicted octanol–water partition coefficient (Wildman–Crippen LogP) is 2.96. The summed E-state index contributed by atoms with van der Waals surface area (Å²) in [4.78, 5) is 16.0. The van der Waals surface area contributed by atoms with E-state index in [4.69, 9.17) is 4.74 Å². The minimum Gasteiger partial charge on any atom is -0.494 e. The molecule has 0 aliphatic carbocycles. The van der Waals surface area contributed by atoms with Crippen LogP contribution in [0, 0.1) is 12.7 Å². The Labute approximate surface area is 111 Å². The summed E-state index contributed by atoms with van der Waals surface area (Å²) in [6.45, 7) is 1.89. The van der Waals surface area contributed by atoms with Crippen molar-refractivity contribution in [3.05, 3.63) is 59.2 Å². The number of pyridine rings is 1. The Kier molecular flexibility index (Phi) is 3.90. The Morgan fingerprint density at radius 2 is 2.11 bits per heavy atom. The van der Waals surface area contributed by atoms with Crippen LogP contribution in [-0.4, -0.2) is 17.9 Å². The van der Waals surface area contributed by atoms with Crippen molar-refractivity contribution < 1.29 is 13.9 Å². The van der Waals surface area contributed by atoms with Gasteiger partial charge >= 0.3 is 0 Å². The maximum atomic E-state index is 13.5. The molecule has 98 valence electrons. The van der Waals surface area contributed by atoms with E-state index in [0.29, 0.717) is 11.3 Å². The number of aromatic nitrogens is 1. The van der Waals surface area contributed by atoms with Crippen molar-refractivity contribution in [3.63, 3.8) is 0 Å². The number of Topliss-reactive ketones (excluding diaryl/α,β-unsaturated/α-hetero) is 1. The summed E-state index contributed by atoms with van der Waals surface area (Å²) in [6, 6.07) is 8.05. The number of aryl methyl sites for hydroxylation is 1. The molecule has 0 fully saturated rings. The highest BCUT2D eigenvalue weighted by molar-refractivity contribution is 5.95. The van der Waals surface area contributed by atoms with Gasteiger partial charge in [0.15, 0.2) is 17.3 Å². The molecule has 1 heterocycles. The van der Waals surface area contributed by atoms with Crippen molar-refractivity contribution >= 4 is 5.78 Å². The molecule has 3 nitrogen and oxygen atoms in total. The minimum atomic E-state index is -0.468. The Balaban J connectivity index is 2.17. The molecule has 0 aliphatic heterocycles. The number of nitrogens with zero attached hydrogens (tertiary/aromatic N) is 1. The highest BCUT2D eigenvalue weighted by Crippen LogP contribution is 2.18. The fraction of sp³-hybridized carbons (Fsp3) is 0.200. The van der Waals surface area contributed by atoms with Crippen LogP contribution in [0.4, 0.5) is 4.39 Å². The van der Waals surface area contributed by atoms with Gasteiger partial charge in [-0.25, -0.2) is 4.39 Å². The van der Waals surface area contributed by atoms with Crippen LogP contribution in [0.1, 0.15) is 21.6 Å². The van der Waals surface area contributed by atoms with Gasteiger partial charge in [-0.3, -0.25) is 9.78 Å². The maximum Gasteiger partial charge on any atom is 0.185 e. The third-order valence-corrected chi connectivity index (χ3v) is 2.78. The van der Waals surface area contributed by atoms with E-state index in [2.05, 4.69) is 4.98 Å². The molecule has 4 heteroatoms. The van der Waals surface area contributed by atoms with Crippen molar-refractivity contribution in [2.24, 2.45) is 0 Å². The number of benzene rings is 1. The third kappa shape index (κ3) is 3.16. The fourth-order valence-corrected chi connectivity index (χ4v) is 1.78. The Morgan fingerprint density at radius 3 is 2.74 bits per heavy atom. The van der Waals surface area contributed by atoms with Gasteiger partial charge in [-0.15, -0.1) is 0 Å². The van der Waals surface area contributed by atoms with E-state index < -0.39 is 5.82 Å². The van der Waals surface area contributed by atoms with Crippen LogP contribution in [0.2, 0.25) is 0 Å². The van der Waals surface area contributed by atoms with E-state index >= 15 is 0 Å². The van der Waals surface area contributed by atoms with E-state index in [9.17, 15) is 9.18 Å². The van der Waals surface area contributed by atoms with E-state index in [1.807, 2.05) is 13.0 Å². The zero-order valence-electron chi connectivity index (χ0n) is 10.8. The number of carbonyl (C=O) groups is 1. The molecule has 0 unspecified atom stereocenters. The first kappa shape index (κ1) is 13.2. The van der Waals surface area contributed by atoms with Gasteiger partial charge in [-0.2, -0.15) is 0 Å². The summed E-state index contributed by atoms with van der Waals surface area (Å²) in [5, 5.41) is 0. The number of hydrogen-bond donors (Lipinski definition) is 0. The quantitative estimate of drug-likeness (QED) is 0.792. The molecule has 0 amide bonds. The lowest BCUT2D eigenvalue weighted by Gasteiger charge is -2.05. The van der Waals surface area contributed by atoms with Crippen molar-refractivity contribution in [3.8, 4) is 5.75 Å². The Hall–Kier alpha value is -2.23. The highest BCUT2D eigenvalue weighted by atomic mass is 19.1. The van der Waals surface area contributed by atoms with Crippen LogP contribution in [-0.2, 0) is 6.42 Å². The number of ketones is 1. The fourth-order valence-electron chi connectivity index (χ4n) is 1.78. The average Bonchev–Trinajstić information content (AvgIpc) is 2.39. The molecule has 0 saturated heterocycles. The van der Waals surface area contributed by atoms with Gasteiger partial charge < -0.3 is 4.74 Å². The molecule has 0 spiro atoms. The lowest BCUT2D eigenvalue weighted by atomic mass is 10.1. The molecule has 19 heavy (non-hydrogen) atoms. The molecule has 1 aromatic heterocycles. The van der Waals surface area contributed by atoms with Gasteiger partial charge in [0.25, 0.3) is 0 Å².